The summed E-state index contributed by atoms with van der Waals surface area (Å²) in [6, 6.07) is 6.87. The molecular formula is C20H21NO5. The lowest BCUT2D eigenvalue weighted by Crippen LogP contribution is -2.42. The molecule has 0 radical (unpaired) electrons. The summed E-state index contributed by atoms with van der Waals surface area (Å²) in [5.74, 6) is 0.925. The number of nitrogens with zero attached hydrogens (tertiary/aromatic N) is 1. The van der Waals surface area contributed by atoms with Gasteiger partial charge in [0.25, 0.3) is 5.91 Å². The maximum absolute atomic E-state index is 13.0. The summed E-state index contributed by atoms with van der Waals surface area (Å²) in [7, 11) is 0. The molecule has 6 nitrogen and oxygen atoms in total. The Kier molecular flexibility index (Phi) is 4.28. The van der Waals surface area contributed by atoms with Crippen molar-refractivity contribution in [1.82, 2.24) is 4.90 Å². The molecule has 1 aliphatic carbocycles. The fourth-order valence-corrected chi connectivity index (χ4v) is 3.76. The number of hydrogen-bond donors (Lipinski definition) is 1. The van der Waals surface area contributed by atoms with Crippen LogP contribution < -0.4 is 0 Å². The Hall–Kier alpha value is -2.60. The van der Waals surface area contributed by atoms with Crippen LogP contribution in [0, 0.1) is 6.92 Å². The van der Waals surface area contributed by atoms with E-state index in [4.69, 9.17) is 9.15 Å². The molecule has 1 atom stereocenters. The highest BCUT2D eigenvalue weighted by Crippen LogP contribution is 2.31. The molecule has 1 aromatic heterocycles. The van der Waals surface area contributed by atoms with Gasteiger partial charge in [0.1, 0.15) is 17.6 Å². The number of ether oxygens (including phenoxy) is 1. The summed E-state index contributed by atoms with van der Waals surface area (Å²) in [6.07, 6.45) is 1.68. The van der Waals surface area contributed by atoms with Crippen molar-refractivity contribution in [2.24, 2.45) is 0 Å². The number of ketones is 1. The van der Waals surface area contributed by atoms with E-state index in [2.05, 4.69) is 0 Å². The second-order valence-electron chi connectivity index (χ2n) is 6.84. The van der Waals surface area contributed by atoms with Crippen LogP contribution in [0.1, 0.15) is 56.7 Å². The number of morpholine rings is 1. The molecule has 4 rings (SSSR count). The highest BCUT2D eigenvalue weighted by Gasteiger charge is 2.33. The van der Waals surface area contributed by atoms with Crippen LogP contribution in [0.5, 0.6) is 5.75 Å². The van der Waals surface area contributed by atoms with Gasteiger partial charge in [-0.25, -0.2) is 0 Å². The van der Waals surface area contributed by atoms with Crippen molar-refractivity contribution in [3.63, 3.8) is 0 Å². The van der Waals surface area contributed by atoms with E-state index >= 15 is 0 Å². The Labute approximate surface area is 151 Å². The minimum atomic E-state index is -0.300. The lowest BCUT2D eigenvalue weighted by molar-refractivity contribution is -0.0239. The topological polar surface area (TPSA) is 80.0 Å². The van der Waals surface area contributed by atoms with Crippen LogP contribution in [-0.4, -0.2) is 41.4 Å². The van der Waals surface area contributed by atoms with E-state index in [1.54, 1.807) is 30.0 Å². The molecule has 6 heteroatoms. The Morgan fingerprint density at radius 1 is 1.31 bits per heavy atom. The SMILES string of the molecule is Cc1c(C(=O)N2CCOC(c3cccc(O)c3)C2)oc2c1C(=O)CCC2. The van der Waals surface area contributed by atoms with Crippen LogP contribution in [0.15, 0.2) is 28.7 Å². The molecule has 1 N–H and O–H groups in total. The number of carbonyl (C=O) groups is 2. The van der Waals surface area contributed by atoms with Gasteiger partial charge >= 0.3 is 0 Å². The normalized spacial score (nSPS) is 20.1. The van der Waals surface area contributed by atoms with Crippen molar-refractivity contribution in [2.45, 2.75) is 32.3 Å². The van der Waals surface area contributed by atoms with Gasteiger partial charge < -0.3 is 19.2 Å². The van der Waals surface area contributed by atoms with Gasteiger partial charge in [0.05, 0.1) is 18.7 Å². The smallest absolute Gasteiger partial charge is 0.290 e. The zero-order valence-corrected chi connectivity index (χ0v) is 14.7. The lowest BCUT2D eigenvalue weighted by Gasteiger charge is -2.32. The number of aromatic hydroxyl groups is 1. The van der Waals surface area contributed by atoms with Gasteiger partial charge in [-0.1, -0.05) is 12.1 Å². The molecule has 1 aliphatic heterocycles. The van der Waals surface area contributed by atoms with Gasteiger partial charge in [0.15, 0.2) is 11.5 Å². The molecule has 1 unspecified atom stereocenters. The summed E-state index contributed by atoms with van der Waals surface area (Å²) in [5, 5.41) is 9.67. The molecule has 0 bridgehead atoms. The van der Waals surface area contributed by atoms with Gasteiger partial charge in [-0.3, -0.25) is 9.59 Å². The molecule has 1 fully saturated rings. The summed E-state index contributed by atoms with van der Waals surface area (Å²) in [5.41, 5.74) is 2.07. The Bertz CT molecular complexity index is 869. The van der Waals surface area contributed by atoms with Crippen LogP contribution in [0.4, 0.5) is 0 Å². The number of furan rings is 1. The average Bonchev–Trinajstić information content (AvgIpc) is 2.99. The van der Waals surface area contributed by atoms with Gasteiger partial charge in [-0.05, 0) is 31.0 Å². The highest BCUT2D eigenvalue weighted by molar-refractivity contribution is 6.03. The standard InChI is InChI=1S/C20H21NO5/c1-12-18-15(23)6-3-7-16(18)26-19(12)20(24)21-8-9-25-17(11-21)13-4-2-5-14(22)10-13/h2,4-5,10,17,22H,3,6-9,11H2,1H3. The molecule has 0 spiro atoms. The Balaban J connectivity index is 1.58. The Morgan fingerprint density at radius 2 is 2.15 bits per heavy atom. The molecule has 1 saturated heterocycles. The maximum atomic E-state index is 13.0. The van der Waals surface area contributed by atoms with Crippen LogP contribution in [0.2, 0.25) is 0 Å². The Morgan fingerprint density at radius 3 is 2.92 bits per heavy atom. The zero-order chi connectivity index (χ0) is 18.3. The van der Waals surface area contributed by atoms with Crippen molar-refractivity contribution in [3.8, 4) is 5.75 Å². The minimum absolute atomic E-state index is 0.0613. The number of phenolic OH excluding ortho intramolecular Hbond substituents is 1. The molecule has 26 heavy (non-hydrogen) atoms. The van der Waals surface area contributed by atoms with Crippen LogP contribution >= 0.6 is 0 Å². The first kappa shape index (κ1) is 16.8. The van der Waals surface area contributed by atoms with Crippen LogP contribution in [-0.2, 0) is 11.2 Å². The molecule has 2 heterocycles. The number of Topliss-reactive ketones (excluding diaryl/α,β-unsaturated/α-hetero) is 1. The lowest BCUT2D eigenvalue weighted by atomic mass is 9.94. The fraction of sp³-hybridized carbons (Fsp3) is 0.400. The predicted octanol–water partition coefficient (Wildman–Crippen LogP) is 3.03. The average molecular weight is 355 g/mol. The maximum Gasteiger partial charge on any atom is 0.290 e. The summed E-state index contributed by atoms with van der Waals surface area (Å²) in [6.45, 7) is 3.03. The van der Waals surface area contributed by atoms with Crippen LogP contribution in [0.3, 0.4) is 0 Å². The van der Waals surface area contributed by atoms with Crippen molar-refractivity contribution >= 4 is 11.7 Å². The number of fused-ring (bicyclic) bond motifs is 1. The van der Waals surface area contributed by atoms with E-state index in [0.717, 1.165) is 12.0 Å². The number of phenols is 1. The molecule has 1 aromatic carbocycles. The quantitative estimate of drug-likeness (QED) is 0.896. The van der Waals surface area contributed by atoms with Crippen molar-refractivity contribution in [1.29, 1.82) is 0 Å². The molecule has 2 aliphatic rings. The number of benzene rings is 1. The van der Waals surface area contributed by atoms with E-state index in [-0.39, 0.29) is 29.3 Å². The number of carbonyl (C=O) groups excluding carboxylic acids is 2. The first-order chi connectivity index (χ1) is 12.5. The molecule has 136 valence electrons. The monoisotopic (exact) mass is 355 g/mol. The first-order valence-electron chi connectivity index (χ1n) is 8.90. The van der Waals surface area contributed by atoms with Crippen molar-refractivity contribution in [3.05, 3.63) is 52.5 Å². The van der Waals surface area contributed by atoms with E-state index in [1.165, 1.54) is 0 Å². The third kappa shape index (κ3) is 2.90. The molecule has 2 aromatic rings. The summed E-state index contributed by atoms with van der Waals surface area (Å²) >= 11 is 0. The number of amides is 1. The van der Waals surface area contributed by atoms with E-state index in [1.807, 2.05) is 6.07 Å². The van der Waals surface area contributed by atoms with Crippen LogP contribution in [0.25, 0.3) is 0 Å². The largest absolute Gasteiger partial charge is 0.508 e. The van der Waals surface area contributed by atoms with E-state index in [0.29, 0.717) is 49.4 Å². The summed E-state index contributed by atoms with van der Waals surface area (Å²) in [4.78, 5) is 26.9. The third-order valence-electron chi connectivity index (χ3n) is 5.10. The molecule has 1 amide bonds. The van der Waals surface area contributed by atoms with Gasteiger partial charge in [-0.2, -0.15) is 0 Å². The molecule has 0 saturated carbocycles. The van der Waals surface area contributed by atoms with Crippen molar-refractivity contribution in [2.75, 3.05) is 19.7 Å². The zero-order valence-electron chi connectivity index (χ0n) is 14.7. The van der Waals surface area contributed by atoms with Gasteiger partial charge in [-0.15, -0.1) is 0 Å². The minimum Gasteiger partial charge on any atom is -0.508 e. The van der Waals surface area contributed by atoms with Gasteiger partial charge in [0, 0.05) is 24.9 Å². The van der Waals surface area contributed by atoms with E-state index < -0.39 is 0 Å². The second-order valence-corrected chi connectivity index (χ2v) is 6.84. The van der Waals surface area contributed by atoms with Crippen molar-refractivity contribution < 1.29 is 23.8 Å². The fourth-order valence-electron chi connectivity index (χ4n) is 3.76. The first-order valence-corrected chi connectivity index (χ1v) is 8.90. The predicted molar refractivity (Wildman–Crippen MR) is 93.4 cm³/mol. The third-order valence-corrected chi connectivity index (χ3v) is 5.10. The number of hydrogen-bond acceptors (Lipinski definition) is 5. The number of rotatable bonds is 2. The van der Waals surface area contributed by atoms with E-state index in [9.17, 15) is 14.7 Å². The molecular weight excluding hydrogens is 334 g/mol. The second kappa shape index (κ2) is 6.61. The highest BCUT2D eigenvalue weighted by atomic mass is 16.5. The van der Waals surface area contributed by atoms with Gasteiger partial charge in [0.2, 0.25) is 0 Å². The number of aryl methyl sites for hydroxylation is 1. The summed E-state index contributed by atoms with van der Waals surface area (Å²) < 4.78 is 11.6.